The molecule has 100 valence electrons. The fourth-order valence-corrected chi connectivity index (χ4v) is 1.70. The monoisotopic (exact) mass is 287 g/mol. The Morgan fingerprint density at radius 3 is 2.65 bits per heavy atom. The van der Waals surface area contributed by atoms with Gasteiger partial charge in [0, 0.05) is 16.7 Å². The van der Waals surface area contributed by atoms with Gasteiger partial charge in [0.05, 0.1) is 4.92 Å². The number of halogens is 1. The zero-order valence-electron chi connectivity index (χ0n) is 10.4. The molecule has 2 aromatic carbocycles. The van der Waals surface area contributed by atoms with Crippen LogP contribution in [-0.4, -0.2) is 11.5 Å². The van der Waals surface area contributed by atoms with Gasteiger partial charge in [0.1, 0.15) is 6.61 Å². The van der Waals surface area contributed by atoms with Crippen LogP contribution in [0.4, 0.5) is 5.69 Å². The summed E-state index contributed by atoms with van der Waals surface area (Å²) in [5, 5.41) is 11.2. The van der Waals surface area contributed by atoms with Crippen LogP contribution in [0.3, 0.4) is 0 Å². The number of nitro benzene ring substituents is 1. The van der Waals surface area contributed by atoms with Gasteiger partial charge in [-0.3, -0.25) is 10.1 Å². The standard InChI is InChI=1S/C15H10ClNO3/c16-13-8-9-15(14(11-13)17(18)19)20-10-4-7-12-5-2-1-3-6-12/h1-3,5-6,8-9,11H,10H2. The summed E-state index contributed by atoms with van der Waals surface area (Å²) in [6.07, 6.45) is 0. The summed E-state index contributed by atoms with van der Waals surface area (Å²) in [6, 6.07) is 13.7. The van der Waals surface area contributed by atoms with E-state index in [4.69, 9.17) is 16.3 Å². The molecule has 0 spiro atoms. The van der Waals surface area contributed by atoms with E-state index >= 15 is 0 Å². The minimum Gasteiger partial charge on any atom is -0.474 e. The van der Waals surface area contributed by atoms with Crippen molar-refractivity contribution in [3.63, 3.8) is 0 Å². The van der Waals surface area contributed by atoms with Crippen LogP contribution in [0, 0.1) is 22.0 Å². The molecule has 0 amide bonds. The Hall–Kier alpha value is -2.51. The maximum Gasteiger partial charge on any atom is 0.312 e. The molecule has 0 saturated carbocycles. The van der Waals surface area contributed by atoms with Gasteiger partial charge in [0.25, 0.3) is 0 Å². The van der Waals surface area contributed by atoms with Gasteiger partial charge in [-0.05, 0) is 24.3 Å². The number of nitrogens with zero attached hydrogens (tertiary/aromatic N) is 1. The third-order valence-corrected chi connectivity index (χ3v) is 2.66. The zero-order chi connectivity index (χ0) is 14.4. The van der Waals surface area contributed by atoms with Gasteiger partial charge < -0.3 is 4.74 Å². The minimum atomic E-state index is -0.536. The van der Waals surface area contributed by atoms with Crippen LogP contribution < -0.4 is 4.74 Å². The molecule has 0 saturated heterocycles. The molecule has 2 rings (SSSR count). The van der Waals surface area contributed by atoms with Crippen molar-refractivity contribution in [3.8, 4) is 17.6 Å². The Morgan fingerprint density at radius 1 is 1.20 bits per heavy atom. The van der Waals surface area contributed by atoms with E-state index in [1.54, 1.807) is 0 Å². The van der Waals surface area contributed by atoms with Gasteiger partial charge in [-0.1, -0.05) is 41.6 Å². The lowest BCUT2D eigenvalue weighted by molar-refractivity contribution is -0.385. The van der Waals surface area contributed by atoms with Crippen molar-refractivity contribution in [2.24, 2.45) is 0 Å². The second-order valence-corrected chi connectivity index (χ2v) is 4.26. The summed E-state index contributed by atoms with van der Waals surface area (Å²) in [5.41, 5.74) is 0.695. The van der Waals surface area contributed by atoms with E-state index in [0.29, 0.717) is 5.02 Å². The molecule has 0 aliphatic heterocycles. The molecule has 0 heterocycles. The third-order valence-electron chi connectivity index (χ3n) is 2.42. The lowest BCUT2D eigenvalue weighted by Gasteiger charge is -2.03. The Morgan fingerprint density at radius 2 is 1.95 bits per heavy atom. The molecule has 20 heavy (non-hydrogen) atoms. The van der Waals surface area contributed by atoms with Gasteiger partial charge in [0.2, 0.25) is 0 Å². The first-order valence-corrected chi connectivity index (χ1v) is 6.15. The van der Waals surface area contributed by atoms with Crippen molar-refractivity contribution in [1.29, 1.82) is 0 Å². The molecule has 0 N–H and O–H groups in total. The molecule has 0 aromatic heterocycles. The second kappa shape index (κ2) is 6.60. The van der Waals surface area contributed by atoms with Crippen molar-refractivity contribution < 1.29 is 9.66 Å². The van der Waals surface area contributed by atoms with Gasteiger partial charge in [-0.2, -0.15) is 0 Å². The van der Waals surface area contributed by atoms with Crippen molar-refractivity contribution in [2.75, 3.05) is 6.61 Å². The summed E-state index contributed by atoms with van der Waals surface area (Å²) in [6.45, 7) is 0.0668. The fraction of sp³-hybridized carbons (Fsp3) is 0.0667. The van der Waals surface area contributed by atoms with E-state index < -0.39 is 4.92 Å². The van der Waals surface area contributed by atoms with E-state index in [9.17, 15) is 10.1 Å². The topological polar surface area (TPSA) is 52.4 Å². The number of nitro groups is 1. The van der Waals surface area contributed by atoms with Crippen molar-refractivity contribution in [2.45, 2.75) is 0 Å². The molecule has 0 unspecified atom stereocenters. The molecule has 5 heteroatoms. The van der Waals surface area contributed by atoms with Crippen LogP contribution in [0.5, 0.6) is 5.75 Å². The van der Waals surface area contributed by atoms with E-state index in [-0.39, 0.29) is 18.0 Å². The highest BCUT2D eigenvalue weighted by atomic mass is 35.5. The van der Waals surface area contributed by atoms with E-state index in [1.807, 2.05) is 30.3 Å². The zero-order valence-corrected chi connectivity index (χ0v) is 11.1. The molecule has 0 bridgehead atoms. The molecule has 0 radical (unpaired) electrons. The number of benzene rings is 2. The average Bonchev–Trinajstić information content (AvgIpc) is 2.45. The lowest BCUT2D eigenvalue weighted by Crippen LogP contribution is -1.98. The molecular formula is C15H10ClNO3. The highest BCUT2D eigenvalue weighted by Gasteiger charge is 2.15. The lowest BCUT2D eigenvalue weighted by atomic mass is 10.2. The SMILES string of the molecule is O=[N+]([O-])c1cc(Cl)ccc1OCC#Cc1ccccc1. The largest absolute Gasteiger partial charge is 0.474 e. The minimum absolute atomic E-state index is 0.0668. The Balaban J connectivity index is 2.05. The van der Waals surface area contributed by atoms with Crippen LogP contribution in [-0.2, 0) is 0 Å². The fourth-order valence-electron chi connectivity index (χ4n) is 1.53. The first-order valence-electron chi connectivity index (χ1n) is 5.77. The van der Waals surface area contributed by atoms with Crippen molar-refractivity contribution in [1.82, 2.24) is 0 Å². The summed E-state index contributed by atoms with van der Waals surface area (Å²) in [5.74, 6) is 5.86. The maximum absolute atomic E-state index is 10.9. The van der Waals surface area contributed by atoms with Crippen LogP contribution in [0.1, 0.15) is 5.56 Å². The predicted molar refractivity (Wildman–Crippen MR) is 76.9 cm³/mol. The number of ether oxygens (including phenoxy) is 1. The highest BCUT2D eigenvalue weighted by Crippen LogP contribution is 2.29. The summed E-state index contributed by atoms with van der Waals surface area (Å²) < 4.78 is 5.30. The molecule has 0 aliphatic rings. The predicted octanol–water partition coefficient (Wildman–Crippen LogP) is 3.68. The number of rotatable bonds is 3. The summed E-state index contributed by atoms with van der Waals surface area (Å²) in [4.78, 5) is 10.3. The van der Waals surface area contributed by atoms with Crippen molar-refractivity contribution >= 4 is 17.3 Å². The van der Waals surface area contributed by atoms with Gasteiger partial charge >= 0.3 is 5.69 Å². The quantitative estimate of drug-likeness (QED) is 0.491. The van der Waals surface area contributed by atoms with Crippen LogP contribution in [0.2, 0.25) is 5.02 Å². The average molecular weight is 288 g/mol. The molecule has 0 atom stereocenters. The van der Waals surface area contributed by atoms with Gasteiger partial charge in [-0.15, -0.1) is 0 Å². The van der Waals surface area contributed by atoms with Crippen LogP contribution in [0.15, 0.2) is 48.5 Å². The Labute approximate surface area is 121 Å². The van der Waals surface area contributed by atoms with Crippen molar-refractivity contribution in [3.05, 3.63) is 69.2 Å². The number of hydrogen-bond acceptors (Lipinski definition) is 3. The maximum atomic E-state index is 10.9. The third kappa shape index (κ3) is 3.74. The van der Waals surface area contributed by atoms with Crippen LogP contribution in [0.25, 0.3) is 0 Å². The molecule has 2 aromatic rings. The van der Waals surface area contributed by atoms with E-state index in [1.165, 1.54) is 18.2 Å². The normalized spacial score (nSPS) is 9.45. The molecular weight excluding hydrogens is 278 g/mol. The number of hydrogen-bond donors (Lipinski definition) is 0. The summed E-state index contributed by atoms with van der Waals surface area (Å²) in [7, 11) is 0. The Bertz CT molecular complexity index is 675. The molecule has 0 fully saturated rings. The molecule has 0 aliphatic carbocycles. The van der Waals surface area contributed by atoms with Crippen LogP contribution >= 0.6 is 11.6 Å². The second-order valence-electron chi connectivity index (χ2n) is 3.83. The first kappa shape index (κ1) is 13.9. The smallest absolute Gasteiger partial charge is 0.312 e. The van der Waals surface area contributed by atoms with Gasteiger partial charge in [-0.25, -0.2) is 0 Å². The van der Waals surface area contributed by atoms with E-state index in [0.717, 1.165) is 5.56 Å². The first-order chi connectivity index (χ1) is 9.66. The summed E-state index contributed by atoms with van der Waals surface area (Å²) >= 11 is 5.71. The highest BCUT2D eigenvalue weighted by molar-refractivity contribution is 6.30. The van der Waals surface area contributed by atoms with E-state index in [2.05, 4.69) is 11.8 Å². The van der Waals surface area contributed by atoms with Gasteiger partial charge in [0.15, 0.2) is 5.75 Å². The molecule has 4 nitrogen and oxygen atoms in total. The Kier molecular flexibility index (Phi) is 4.59.